The molecule has 2 rings (SSSR count). The second-order valence-corrected chi connectivity index (χ2v) is 6.57. The molecule has 2 aromatic heterocycles. The quantitative estimate of drug-likeness (QED) is 0.793. The van der Waals surface area contributed by atoms with Crippen LogP contribution in [0.25, 0.3) is 10.2 Å². The summed E-state index contributed by atoms with van der Waals surface area (Å²) < 4.78 is 0. The van der Waals surface area contributed by atoms with E-state index in [1.54, 1.807) is 0 Å². The van der Waals surface area contributed by atoms with Crippen LogP contribution in [0.2, 0.25) is 0 Å². The molecule has 3 N–H and O–H groups in total. The number of aromatic nitrogens is 2. The molecule has 19 heavy (non-hydrogen) atoms. The van der Waals surface area contributed by atoms with Gasteiger partial charge in [0.25, 0.3) is 5.56 Å². The second kappa shape index (κ2) is 5.03. The third-order valence-corrected chi connectivity index (χ3v) is 4.32. The molecule has 0 spiro atoms. The molecule has 0 saturated heterocycles. The van der Waals surface area contributed by atoms with Gasteiger partial charge in [0, 0.05) is 10.4 Å². The molecule has 0 amide bonds. The zero-order valence-electron chi connectivity index (χ0n) is 11.6. The Morgan fingerprint density at radius 3 is 2.74 bits per heavy atom. The summed E-state index contributed by atoms with van der Waals surface area (Å²) in [5.74, 6) is 0.597. The molecule has 5 nitrogen and oxygen atoms in total. The standard InChI is InChI=1S/C13H19N3O2S/c1-7-8(2)19-12-10(7)11(18)15-9(16-12)5-14-13(3,4)6-17/h14,17H,5-6H2,1-4H3,(H,15,16,18). The fourth-order valence-corrected chi connectivity index (χ4v) is 2.81. The van der Waals surface area contributed by atoms with Crippen molar-refractivity contribution in [2.75, 3.05) is 6.61 Å². The van der Waals surface area contributed by atoms with Gasteiger partial charge in [0.05, 0.1) is 18.5 Å². The van der Waals surface area contributed by atoms with Gasteiger partial charge >= 0.3 is 0 Å². The van der Waals surface area contributed by atoms with Crippen molar-refractivity contribution in [3.05, 3.63) is 26.6 Å². The molecule has 0 aliphatic heterocycles. The van der Waals surface area contributed by atoms with Crippen molar-refractivity contribution in [3.8, 4) is 0 Å². The highest BCUT2D eigenvalue weighted by Gasteiger charge is 2.17. The van der Waals surface area contributed by atoms with Gasteiger partial charge in [0.1, 0.15) is 10.7 Å². The van der Waals surface area contributed by atoms with Gasteiger partial charge in [-0.15, -0.1) is 11.3 Å². The van der Waals surface area contributed by atoms with E-state index in [4.69, 9.17) is 0 Å². The number of hydrogen-bond acceptors (Lipinski definition) is 5. The van der Waals surface area contributed by atoms with E-state index in [0.717, 1.165) is 15.3 Å². The molecule has 0 bridgehead atoms. The molecule has 2 aromatic rings. The van der Waals surface area contributed by atoms with Gasteiger partial charge in [0.15, 0.2) is 0 Å². The minimum Gasteiger partial charge on any atom is -0.394 e. The summed E-state index contributed by atoms with van der Waals surface area (Å²) in [6.45, 7) is 8.17. The van der Waals surface area contributed by atoms with E-state index in [1.807, 2.05) is 27.7 Å². The molecular weight excluding hydrogens is 262 g/mol. The van der Waals surface area contributed by atoms with Gasteiger partial charge in [-0.1, -0.05) is 0 Å². The Kier molecular flexibility index (Phi) is 3.75. The molecule has 0 radical (unpaired) electrons. The summed E-state index contributed by atoms with van der Waals surface area (Å²) in [6, 6.07) is 0. The van der Waals surface area contributed by atoms with E-state index in [2.05, 4.69) is 15.3 Å². The van der Waals surface area contributed by atoms with Crippen LogP contribution in [0.15, 0.2) is 4.79 Å². The maximum absolute atomic E-state index is 12.1. The maximum Gasteiger partial charge on any atom is 0.259 e. The molecule has 6 heteroatoms. The number of nitrogens with one attached hydrogen (secondary N) is 2. The van der Waals surface area contributed by atoms with Gasteiger partial charge in [-0.25, -0.2) is 4.98 Å². The van der Waals surface area contributed by atoms with Crippen LogP contribution in [0, 0.1) is 13.8 Å². The summed E-state index contributed by atoms with van der Waals surface area (Å²) in [5, 5.41) is 13.0. The van der Waals surface area contributed by atoms with Crippen LogP contribution in [-0.4, -0.2) is 27.2 Å². The van der Waals surface area contributed by atoms with Crippen LogP contribution in [-0.2, 0) is 6.54 Å². The van der Waals surface area contributed by atoms with Crippen LogP contribution in [0.3, 0.4) is 0 Å². The maximum atomic E-state index is 12.1. The van der Waals surface area contributed by atoms with E-state index >= 15 is 0 Å². The van der Waals surface area contributed by atoms with Crippen molar-refractivity contribution in [1.82, 2.24) is 15.3 Å². The topological polar surface area (TPSA) is 78.0 Å². The lowest BCUT2D eigenvalue weighted by molar-refractivity contribution is 0.186. The van der Waals surface area contributed by atoms with Crippen LogP contribution in [0.5, 0.6) is 0 Å². The van der Waals surface area contributed by atoms with Crippen molar-refractivity contribution in [2.24, 2.45) is 0 Å². The summed E-state index contributed by atoms with van der Waals surface area (Å²) >= 11 is 1.54. The fourth-order valence-electron chi connectivity index (χ4n) is 1.76. The predicted octanol–water partition coefficient (Wildman–Crippen LogP) is 1.46. The minimum atomic E-state index is -0.394. The molecule has 0 unspecified atom stereocenters. The molecule has 0 aliphatic rings. The molecular formula is C13H19N3O2S. The number of aryl methyl sites for hydroxylation is 2. The summed E-state index contributed by atoms with van der Waals surface area (Å²) in [6.07, 6.45) is 0. The minimum absolute atomic E-state index is 0.0245. The first-order chi connectivity index (χ1) is 8.84. The number of hydrogen-bond donors (Lipinski definition) is 3. The first kappa shape index (κ1) is 14.2. The highest BCUT2D eigenvalue weighted by molar-refractivity contribution is 7.18. The number of aromatic amines is 1. The van der Waals surface area contributed by atoms with Crippen LogP contribution < -0.4 is 10.9 Å². The van der Waals surface area contributed by atoms with Gasteiger partial charge < -0.3 is 15.4 Å². The lowest BCUT2D eigenvalue weighted by Crippen LogP contribution is -2.42. The van der Waals surface area contributed by atoms with Crippen molar-refractivity contribution in [3.63, 3.8) is 0 Å². The van der Waals surface area contributed by atoms with Gasteiger partial charge in [-0.05, 0) is 33.3 Å². The zero-order chi connectivity index (χ0) is 14.2. The van der Waals surface area contributed by atoms with E-state index in [0.29, 0.717) is 17.8 Å². The van der Waals surface area contributed by atoms with E-state index in [1.165, 1.54) is 11.3 Å². The van der Waals surface area contributed by atoms with Crippen molar-refractivity contribution in [1.29, 1.82) is 0 Å². The van der Waals surface area contributed by atoms with Crippen molar-refractivity contribution >= 4 is 21.6 Å². The van der Waals surface area contributed by atoms with Gasteiger partial charge in [-0.3, -0.25) is 4.79 Å². The Morgan fingerprint density at radius 2 is 2.11 bits per heavy atom. The first-order valence-corrected chi connectivity index (χ1v) is 7.00. The number of thiophene rings is 1. The number of nitrogens with zero attached hydrogens (tertiary/aromatic N) is 1. The number of aliphatic hydroxyl groups is 1. The number of rotatable bonds is 4. The molecule has 0 saturated carbocycles. The molecule has 0 aliphatic carbocycles. The number of fused-ring (bicyclic) bond motifs is 1. The molecule has 0 atom stereocenters. The van der Waals surface area contributed by atoms with Gasteiger partial charge in [0.2, 0.25) is 0 Å². The third-order valence-electron chi connectivity index (χ3n) is 3.22. The Labute approximate surface area is 115 Å². The highest BCUT2D eigenvalue weighted by Crippen LogP contribution is 2.25. The average Bonchev–Trinajstić information content (AvgIpc) is 2.63. The van der Waals surface area contributed by atoms with Gasteiger partial charge in [-0.2, -0.15) is 0 Å². The second-order valence-electron chi connectivity index (χ2n) is 5.37. The molecule has 2 heterocycles. The molecule has 0 fully saturated rings. The Morgan fingerprint density at radius 1 is 1.42 bits per heavy atom. The normalized spacial score (nSPS) is 12.3. The number of H-pyrrole nitrogens is 1. The Bertz CT molecular complexity index is 658. The van der Waals surface area contributed by atoms with E-state index in [-0.39, 0.29) is 12.2 Å². The van der Waals surface area contributed by atoms with Crippen LogP contribution in [0.1, 0.15) is 30.1 Å². The lowest BCUT2D eigenvalue weighted by Gasteiger charge is -2.22. The average molecular weight is 281 g/mol. The largest absolute Gasteiger partial charge is 0.394 e. The van der Waals surface area contributed by atoms with E-state index in [9.17, 15) is 9.90 Å². The Hall–Kier alpha value is -1.24. The Balaban J connectivity index is 2.34. The summed E-state index contributed by atoms with van der Waals surface area (Å²) in [4.78, 5) is 21.2. The smallest absolute Gasteiger partial charge is 0.259 e. The van der Waals surface area contributed by atoms with Crippen molar-refractivity contribution in [2.45, 2.75) is 39.8 Å². The molecule has 104 valence electrons. The lowest BCUT2D eigenvalue weighted by atomic mass is 10.1. The molecule has 0 aromatic carbocycles. The van der Waals surface area contributed by atoms with Crippen LogP contribution in [0.4, 0.5) is 0 Å². The highest BCUT2D eigenvalue weighted by atomic mass is 32.1. The fraction of sp³-hybridized carbons (Fsp3) is 0.538. The number of aliphatic hydroxyl groups excluding tert-OH is 1. The monoisotopic (exact) mass is 281 g/mol. The van der Waals surface area contributed by atoms with E-state index < -0.39 is 5.54 Å². The first-order valence-electron chi connectivity index (χ1n) is 6.19. The third kappa shape index (κ3) is 2.86. The summed E-state index contributed by atoms with van der Waals surface area (Å²) in [7, 11) is 0. The SMILES string of the molecule is Cc1sc2nc(CNC(C)(C)CO)[nH]c(=O)c2c1C. The summed E-state index contributed by atoms with van der Waals surface area (Å²) in [5.41, 5.74) is 0.517. The van der Waals surface area contributed by atoms with Crippen molar-refractivity contribution < 1.29 is 5.11 Å². The van der Waals surface area contributed by atoms with Crippen LogP contribution >= 0.6 is 11.3 Å². The predicted molar refractivity (Wildman–Crippen MR) is 77.7 cm³/mol. The zero-order valence-corrected chi connectivity index (χ0v) is 12.4.